The largest absolute Gasteiger partial charge is 0.344 e. The van der Waals surface area contributed by atoms with Crippen molar-refractivity contribution in [3.63, 3.8) is 0 Å². The molecule has 1 aliphatic carbocycles. The van der Waals surface area contributed by atoms with Crippen LogP contribution < -0.4 is 5.32 Å². The Morgan fingerprint density at radius 2 is 2.08 bits per heavy atom. The second-order valence-corrected chi connectivity index (χ2v) is 6.67. The van der Waals surface area contributed by atoms with Crippen molar-refractivity contribution in [1.82, 2.24) is 25.1 Å². The van der Waals surface area contributed by atoms with Gasteiger partial charge in [-0.1, -0.05) is 30.3 Å². The molecule has 1 atom stereocenters. The maximum atomic E-state index is 12.5. The molecule has 0 radical (unpaired) electrons. The lowest BCUT2D eigenvalue weighted by Gasteiger charge is -2.25. The second kappa shape index (κ2) is 6.71. The third kappa shape index (κ3) is 3.10. The Labute approximate surface area is 152 Å². The standard InChI is InChI=1S/C20H21N5O/c1-13-11-18(24-25(13)2)20(26)23-17-10-6-9-16-15(17)12-21-19(22-16)14-7-4-3-5-8-14/h3-5,7-8,11-12,17H,6,9-10H2,1-2H3,(H,23,26). The molecule has 132 valence electrons. The highest BCUT2D eigenvalue weighted by molar-refractivity contribution is 5.92. The number of carbonyl (C=O) groups is 1. The molecule has 0 saturated carbocycles. The number of nitrogens with zero attached hydrogens (tertiary/aromatic N) is 4. The van der Waals surface area contributed by atoms with Crippen molar-refractivity contribution >= 4 is 5.91 Å². The van der Waals surface area contributed by atoms with Crippen LogP contribution in [-0.4, -0.2) is 25.7 Å². The predicted molar refractivity (Wildman–Crippen MR) is 98.6 cm³/mol. The molecule has 1 aliphatic rings. The lowest BCUT2D eigenvalue weighted by molar-refractivity contribution is 0.0926. The summed E-state index contributed by atoms with van der Waals surface area (Å²) < 4.78 is 1.71. The highest BCUT2D eigenvalue weighted by Gasteiger charge is 2.25. The summed E-state index contributed by atoms with van der Waals surface area (Å²) in [5.41, 5.74) is 4.43. The van der Waals surface area contributed by atoms with Crippen molar-refractivity contribution in [2.45, 2.75) is 32.2 Å². The Balaban J connectivity index is 1.58. The van der Waals surface area contributed by atoms with Crippen LogP contribution in [0.3, 0.4) is 0 Å². The Bertz CT molecular complexity index is 929. The number of hydrogen-bond donors (Lipinski definition) is 1. The van der Waals surface area contributed by atoms with Crippen LogP contribution >= 0.6 is 0 Å². The smallest absolute Gasteiger partial charge is 0.272 e. The van der Waals surface area contributed by atoms with E-state index in [4.69, 9.17) is 4.98 Å². The molecular weight excluding hydrogens is 326 g/mol. The summed E-state index contributed by atoms with van der Waals surface area (Å²) in [6.07, 6.45) is 4.65. The van der Waals surface area contributed by atoms with Gasteiger partial charge in [0.2, 0.25) is 0 Å². The lowest BCUT2D eigenvalue weighted by atomic mass is 9.92. The van der Waals surface area contributed by atoms with Gasteiger partial charge in [0.15, 0.2) is 5.82 Å². The van der Waals surface area contributed by atoms with Gasteiger partial charge in [0, 0.05) is 35.8 Å². The van der Waals surface area contributed by atoms with Gasteiger partial charge >= 0.3 is 0 Å². The zero-order chi connectivity index (χ0) is 18.1. The van der Waals surface area contributed by atoms with Gasteiger partial charge in [-0.05, 0) is 32.3 Å². The number of aryl methyl sites for hydroxylation is 3. The van der Waals surface area contributed by atoms with E-state index in [2.05, 4.69) is 15.4 Å². The van der Waals surface area contributed by atoms with E-state index in [-0.39, 0.29) is 11.9 Å². The lowest BCUT2D eigenvalue weighted by Crippen LogP contribution is -2.32. The normalized spacial score (nSPS) is 16.2. The number of nitrogens with one attached hydrogen (secondary N) is 1. The molecule has 6 nitrogen and oxygen atoms in total. The van der Waals surface area contributed by atoms with Crippen LogP contribution in [0, 0.1) is 6.92 Å². The minimum absolute atomic E-state index is 0.0709. The maximum absolute atomic E-state index is 12.5. The van der Waals surface area contributed by atoms with E-state index in [1.54, 1.807) is 10.7 Å². The molecular formula is C20H21N5O. The van der Waals surface area contributed by atoms with Gasteiger partial charge in [-0.15, -0.1) is 0 Å². The molecule has 0 spiro atoms. The van der Waals surface area contributed by atoms with Crippen LogP contribution in [0.1, 0.15) is 46.3 Å². The Hall–Kier alpha value is -3.02. The van der Waals surface area contributed by atoms with E-state index in [9.17, 15) is 4.79 Å². The van der Waals surface area contributed by atoms with Crippen LogP contribution in [-0.2, 0) is 13.5 Å². The average Bonchev–Trinajstić information content (AvgIpc) is 3.01. The molecule has 1 N–H and O–H groups in total. The van der Waals surface area contributed by atoms with Crippen molar-refractivity contribution in [2.75, 3.05) is 0 Å². The van der Waals surface area contributed by atoms with Gasteiger partial charge in [-0.25, -0.2) is 9.97 Å². The molecule has 0 aliphatic heterocycles. The van der Waals surface area contributed by atoms with E-state index in [0.717, 1.165) is 47.6 Å². The van der Waals surface area contributed by atoms with E-state index in [1.165, 1.54) is 0 Å². The van der Waals surface area contributed by atoms with E-state index >= 15 is 0 Å². The zero-order valence-electron chi connectivity index (χ0n) is 14.9. The van der Waals surface area contributed by atoms with Crippen LogP contribution in [0.25, 0.3) is 11.4 Å². The summed E-state index contributed by atoms with van der Waals surface area (Å²) in [7, 11) is 1.83. The number of carbonyl (C=O) groups excluding carboxylic acids is 1. The van der Waals surface area contributed by atoms with E-state index < -0.39 is 0 Å². The van der Waals surface area contributed by atoms with Crippen molar-refractivity contribution in [2.24, 2.45) is 7.05 Å². The van der Waals surface area contributed by atoms with Gasteiger partial charge in [0.1, 0.15) is 5.69 Å². The molecule has 2 aromatic heterocycles. The molecule has 2 heterocycles. The zero-order valence-corrected chi connectivity index (χ0v) is 14.9. The summed E-state index contributed by atoms with van der Waals surface area (Å²) in [5, 5.41) is 7.36. The molecule has 0 fully saturated rings. The number of benzene rings is 1. The van der Waals surface area contributed by atoms with E-state index in [0.29, 0.717) is 5.69 Å². The fourth-order valence-electron chi connectivity index (χ4n) is 3.33. The monoisotopic (exact) mass is 347 g/mol. The molecule has 4 rings (SSSR count). The van der Waals surface area contributed by atoms with Gasteiger partial charge in [-0.3, -0.25) is 9.48 Å². The first kappa shape index (κ1) is 16.4. The van der Waals surface area contributed by atoms with Crippen LogP contribution in [0.15, 0.2) is 42.6 Å². The van der Waals surface area contributed by atoms with Crippen molar-refractivity contribution in [3.8, 4) is 11.4 Å². The second-order valence-electron chi connectivity index (χ2n) is 6.67. The molecule has 1 unspecified atom stereocenters. The highest BCUT2D eigenvalue weighted by atomic mass is 16.2. The van der Waals surface area contributed by atoms with Gasteiger partial charge in [0.25, 0.3) is 5.91 Å². The Morgan fingerprint density at radius 1 is 1.27 bits per heavy atom. The van der Waals surface area contributed by atoms with Crippen LogP contribution in [0.5, 0.6) is 0 Å². The molecule has 1 amide bonds. The third-order valence-electron chi connectivity index (χ3n) is 4.87. The quantitative estimate of drug-likeness (QED) is 0.790. The summed E-state index contributed by atoms with van der Waals surface area (Å²) in [6.45, 7) is 1.93. The number of aromatic nitrogens is 4. The molecule has 3 aromatic rings. The highest BCUT2D eigenvalue weighted by Crippen LogP contribution is 2.29. The molecule has 1 aromatic carbocycles. The first-order valence-corrected chi connectivity index (χ1v) is 8.84. The number of fused-ring (bicyclic) bond motifs is 1. The SMILES string of the molecule is Cc1cc(C(=O)NC2CCCc3nc(-c4ccccc4)ncc32)nn1C. The summed E-state index contributed by atoms with van der Waals surface area (Å²) in [5.74, 6) is 0.579. The van der Waals surface area contributed by atoms with Gasteiger partial charge in [-0.2, -0.15) is 5.10 Å². The van der Waals surface area contributed by atoms with Crippen molar-refractivity contribution in [3.05, 3.63) is 65.2 Å². The van der Waals surface area contributed by atoms with Gasteiger partial charge < -0.3 is 5.32 Å². The summed E-state index contributed by atoms with van der Waals surface area (Å²) in [4.78, 5) is 21.8. The molecule has 26 heavy (non-hydrogen) atoms. The fraction of sp³-hybridized carbons (Fsp3) is 0.300. The topological polar surface area (TPSA) is 72.7 Å². The van der Waals surface area contributed by atoms with Crippen molar-refractivity contribution < 1.29 is 4.79 Å². The Kier molecular flexibility index (Phi) is 4.24. The average molecular weight is 347 g/mol. The summed E-state index contributed by atoms with van der Waals surface area (Å²) >= 11 is 0. The van der Waals surface area contributed by atoms with Crippen molar-refractivity contribution in [1.29, 1.82) is 0 Å². The first-order valence-electron chi connectivity index (χ1n) is 8.84. The number of amides is 1. The minimum Gasteiger partial charge on any atom is -0.344 e. The first-order chi connectivity index (χ1) is 12.6. The third-order valence-corrected chi connectivity index (χ3v) is 4.87. The van der Waals surface area contributed by atoms with Crippen LogP contribution in [0.4, 0.5) is 0 Å². The predicted octanol–water partition coefficient (Wildman–Crippen LogP) is 2.99. The number of rotatable bonds is 3. The van der Waals surface area contributed by atoms with E-state index in [1.807, 2.05) is 50.5 Å². The maximum Gasteiger partial charge on any atom is 0.272 e. The summed E-state index contributed by atoms with van der Waals surface area (Å²) in [6, 6.07) is 11.7. The molecule has 0 saturated heterocycles. The van der Waals surface area contributed by atoms with Gasteiger partial charge in [0.05, 0.1) is 6.04 Å². The minimum atomic E-state index is -0.154. The molecule has 6 heteroatoms. The molecule has 0 bridgehead atoms. The Morgan fingerprint density at radius 3 is 2.81 bits per heavy atom. The number of hydrogen-bond acceptors (Lipinski definition) is 4. The van der Waals surface area contributed by atoms with Crippen LogP contribution in [0.2, 0.25) is 0 Å². The fourth-order valence-corrected chi connectivity index (χ4v) is 3.33.